The average Bonchev–Trinajstić information content (AvgIpc) is 2.38. The molecule has 0 atom stereocenters. The maximum absolute atomic E-state index is 12.2. The maximum Gasteiger partial charge on any atom is 0.263 e. The molecule has 0 saturated carbocycles. The van der Waals surface area contributed by atoms with Gasteiger partial charge in [-0.3, -0.25) is 4.72 Å². The van der Waals surface area contributed by atoms with Crippen LogP contribution in [0.15, 0.2) is 51.8 Å². The number of sulfonamides is 1. The Morgan fingerprint density at radius 2 is 1.80 bits per heavy atom. The number of nitrogens with two attached hydrogens (primary N) is 1. The van der Waals surface area contributed by atoms with E-state index >= 15 is 0 Å². The number of nitrogen functional groups attached to an aromatic ring is 1. The number of hydrogen-bond donors (Lipinski definition) is 3. The summed E-state index contributed by atoms with van der Waals surface area (Å²) in [6, 6.07) is 11.0. The van der Waals surface area contributed by atoms with E-state index in [9.17, 15) is 8.42 Å². The van der Waals surface area contributed by atoms with Gasteiger partial charge in [-0.05, 0) is 35.9 Å². The van der Waals surface area contributed by atoms with E-state index in [1.807, 2.05) is 0 Å². The number of rotatable bonds is 4. The summed E-state index contributed by atoms with van der Waals surface area (Å²) in [5.74, 6) is 0. The van der Waals surface area contributed by atoms with Gasteiger partial charge in [0, 0.05) is 10.2 Å². The van der Waals surface area contributed by atoms with Crippen LogP contribution in [0.3, 0.4) is 0 Å². The van der Waals surface area contributed by atoms with Crippen molar-refractivity contribution in [3.8, 4) is 0 Å². The van der Waals surface area contributed by atoms with Crippen molar-refractivity contribution in [2.75, 3.05) is 10.5 Å². The molecular weight excluding hydrogens is 344 g/mol. The van der Waals surface area contributed by atoms with Gasteiger partial charge in [0.2, 0.25) is 0 Å². The lowest BCUT2D eigenvalue weighted by Gasteiger charge is -2.10. The first kappa shape index (κ1) is 14.8. The van der Waals surface area contributed by atoms with Crippen LogP contribution in [0.1, 0.15) is 5.56 Å². The average molecular weight is 357 g/mol. The van der Waals surface area contributed by atoms with Crippen molar-refractivity contribution in [1.82, 2.24) is 0 Å². The predicted octanol–water partition coefficient (Wildman–Crippen LogP) is 2.32. The first-order chi connectivity index (χ1) is 9.42. The third kappa shape index (κ3) is 3.30. The summed E-state index contributed by atoms with van der Waals surface area (Å²) in [6.07, 6.45) is 0. The normalized spacial score (nSPS) is 11.3. The van der Waals surface area contributed by atoms with Gasteiger partial charge in [-0.1, -0.05) is 28.1 Å². The summed E-state index contributed by atoms with van der Waals surface area (Å²) in [4.78, 5) is 0.0203. The monoisotopic (exact) mass is 356 g/mol. The fourth-order valence-electron chi connectivity index (χ4n) is 1.65. The Kier molecular flexibility index (Phi) is 4.32. The molecule has 0 fully saturated rings. The van der Waals surface area contributed by atoms with E-state index < -0.39 is 10.0 Å². The minimum atomic E-state index is -3.74. The van der Waals surface area contributed by atoms with Crippen molar-refractivity contribution >= 4 is 37.3 Å². The molecule has 0 heterocycles. The van der Waals surface area contributed by atoms with E-state index in [4.69, 9.17) is 10.8 Å². The van der Waals surface area contributed by atoms with Crippen LogP contribution in [0.5, 0.6) is 0 Å². The van der Waals surface area contributed by atoms with Crippen LogP contribution < -0.4 is 10.5 Å². The highest BCUT2D eigenvalue weighted by Gasteiger charge is 2.17. The van der Waals surface area contributed by atoms with Crippen molar-refractivity contribution in [2.24, 2.45) is 0 Å². The summed E-state index contributed by atoms with van der Waals surface area (Å²) in [5, 5.41) is 8.94. The minimum absolute atomic E-state index is 0.0203. The summed E-state index contributed by atoms with van der Waals surface area (Å²) >= 11 is 3.23. The van der Waals surface area contributed by atoms with Crippen LogP contribution >= 0.6 is 15.9 Å². The number of nitrogens with one attached hydrogen (secondary N) is 1. The van der Waals surface area contributed by atoms with Gasteiger partial charge in [-0.2, -0.15) is 0 Å². The fourth-order valence-corrected chi connectivity index (χ4v) is 3.20. The smallest absolute Gasteiger partial charge is 0.263 e. The first-order valence-corrected chi connectivity index (χ1v) is 7.97. The van der Waals surface area contributed by atoms with Crippen molar-refractivity contribution in [3.05, 3.63) is 52.5 Å². The second kappa shape index (κ2) is 5.82. The van der Waals surface area contributed by atoms with Crippen molar-refractivity contribution in [2.45, 2.75) is 11.5 Å². The quantitative estimate of drug-likeness (QED) is 0.733. The molecule has 0 aliphatic heterocycles. The third-order valence-corrected chi connectivity index (χ3v) is 4.60. The molecule has 0 radical (unpaired) electrons. The largest absolute Gasteiger partial charge is 0.398 e. The van der Waals surface area contributed by atoms with Gasteiger partial charge < -0.3 is 10.8 Å². The number of anilines is 2. The Bertz CT molecular complexity index is 715. The van der Waals surface area contributed by atoms with Crippen molar-refractivity contribution in [3.63, 3.8) is 0 Å². The Morgan fingerprint density at radius 3 is 2.35 bits per heavy atom. The molecule has 5 nitrogen and oxygen atoms in total. The van der Waals surface area contributed by atoms with E-state index in [-0.39, 0.29) is 17.2 Å². The topological polar surface area (TPSA) is 92.4 Å². The minimum Gasteiger partial charge on any atom is -0.398 e. The summed E-state index contributed by atoms with van der Waals surface area (Å²) in [5.41, 5.74) is 7.00. The molecule has 106 valence electrons. The van der Waals surface area contributed by atoms with Crippen LogP contribution in [0, 0.1) is 0 Å². The summed E-state index contributed by atoms with van der Waals surface area (Å²) in [6.45, 7) is -0.0906. The Balaban J connectivity index is 2.30. The zero-order valence-electron chi connectivity index (χ0n) is 10.4. The summed E-state index contributed by atoms with van der Waals surface area (Å²) < 4.78 is 27.6. The molecule has 4 N–H and O–H groups in total. The molecule has 0 amide bonds. The zero-order chi connectivity index (χ0) is 14.8. The predicted molar refractivity (Wildman–Crippen MR) is 81.7 cm³/mol. The summed E-state index contributed by atoms with van der Waals surface area (Å²) in [7, 11) is -3.74. The number of benzene rings is 2. The van der Waals surface area contributed by atoms with Crippen molar-refractivity contribution < 1.29 is 13.5 Å². The van der Waals surface area contributed by atoms with Gasteiger partial charge >= 0.3 is 0 Å². The van der Waals surface area contributed by atoms with E-state index in [0.717, 1.165) is 0 Å². The highest BCUT2D eigenvalue weighted by Crippen LogP contribution is 2.25. The van der Waals surface area contributed by atoms with E-state index in [1.165, 1.54) is 12.1 Å². The van der Waals surface area contributed by atoms with E-state index in [1.54, 1.807) is 30.3 Å². The molecule has 2 rings (SSSR count). The second-order valence-electron chi connectivity index (χ2n) is 4.14. The lowest BCUT2D eigenvalue weighted by molar-refractivity contribution is 0.282. The van der Waals surface area contributed by atoms with Crippen LogP contribution in [0.4, 0.5) is 11.4 Å². The van der Waals surface area contributed by atoms with Crippen molar-refractivity contribution in [1.29, 1.82) is 0 Å². The molecule has 0 bridgehead atoms. The first-order valence-electron chi connectivity index (χ1n) is 5.70. The molecule has 0 unspecified atom stereocenters. The van der Waals surface area contributed by atoms with E-state index in [0.29, 0.717) is 15.7 Å². The van der Waals surface area contributed by atoms with Gasteiger partial charge in [0.1, 0.15) is 4.90 Å². The molecular formula is C13H13BrN2O3S. The second-order valence-corrected chi connectivity index (χ2v) is 6.71. The van der Waals surface area contributed by atoms with Crippen LogP contribution in [-0.2, 0) is 16.6 Å². The van der Waals surface area contributed by atoms with Gasteiger partial charge in [-0.25, -0.2) is 8.42 Å². The van der Waals surface area contributed by atoms with Crippen LogP contribution in [0.2, 0.25) is 0 Å². The standard InChI is InChI=1S/C13H13BrN2O3S/c14-10-3-6-13(12(15)7-10)20(18,19)16-11-4-1-9(8-17)2-5-11/h1-7,16-17H,8,15H2. The van der Waals surface area contributed by atoms with Crippen LogP contribution in [-0.4, -0.2) is 13.5 Å². The highest BCUT2D eigenvalue weighted by molar-refractivity contribution is 9.10. The molecule has 2 aromatic carbocycles. The molecule has 0 aliphatic carbocycles. The molecule has 0 aromatic heterocycles. The van der Waals surface area contributed by atoms with Gasteiger partial charge in [0.05, 0.1) is 12.3 Å². The molecule has 7 heteroatoms. The molecule has 0 spiro atoms. The maximum atomic E-state index is 12.2. The van der Waals surface area contributed by atoms with Gasteiger partial charge in [-0.15, -0.1) is 0 Å². The van der Waals surface area contributed by atoms with Crippen LogP contribution in [0.25, 0.3) is 0 Å². The Labute approximate surface area is 125 Å². The molecule has 0 aliphatic rings. The number of halogens is 1. The lowest BCUT2D eigenvalue weighted by atomic mass is 10.2. The molecule has 2 aromatic rings. The number of aliphatic hydroxyl groups is 1. The lowest BCUT2D eigenvalue weighted by Crippen LogP contribution is -2.14. The zero-order valence-corrected chi connectivity index (χ0v) is 12.8. The van der Waals surface area contributed by atoms with E-state index in [2.05, 4.69) is 20.7 Å². The highest BCUT2D eigenvalue weighted by atomic mass is 79.9. The molecule has 0 saturated heterocycles. The third-order valence-electron chi connectivity index (χ3n) is 2.65. The Hall–Kier alpha value is -1.57. The van der Waals surface area contributed by atoms with Gasteiger partial charge in [0.15, 0.2) is 0 Å². The molecule has 20 heavy (non-hydrogen) atoms. The number of hydrogen-bond acceptors (Lipinski definition) is 4. The van der Waals surface area contributed by atoms with Gasteiger partial charge in [0.25, 0.3) is 10.0 Å². The fraction of sp³-hybridized carbons (Fsp3) is 0.0769. The number of aliphatic hydroxyl groups excluding tert-OH is 1. The Morgan fingerprint density at radius 1 is 1.15 bits per heavy atom. The SMILES string of the molecule is Nc1cc(Br)ccc1S(=O)(=O)Nc1ccc(CO)cc1.